The molecule has 91 heavy (non-hydrogen) atoms. The molecule has 8 aromatic carbocycles. The first-order valence-corrected chi connectivity index (χ1v) is 26.7. The number of halogens is 6. The molecule has 0 heterocycles. The van der Waals surface area contributed by atoms with E-state index in [2.05, 4.69) is 50.4 Å². The first kappa shape index (κ1) is 69.4. The molecule has 458 valence electrons. The van der Waals surface area contributed by atoms with E-state index < -0.39 is 28.9 Å². The predicted molar refractivity (Wildman–Crippen MR) is 320 cm³/mol. The van der Waals surface area contributed by atoms with Crippen molar-refractivity contribution in [3.05, 3.63) is 283 Å². The molecule has 0 N–H and O–H groups in total. The summed E-state index contributed by atoms with van der Waals surface area (Å²) in [6.45, 7) is 40.7. The molecule has 1 atom stereocenters. The summed E-state index contributed by atoms with van der Waals surface area (Å²) in [6.07, 6.45) is -4.42. The number of benzene rings is 8. The standard InChI is InChI=1S/C19H18N2O2.C17H8F6N2O2.C17H14N2O2.C16H12N2O2/c1-12-6-16(7-13(2)18(12)22-11-20)10-17-8-14(3)19(23-21-5)15(4)9-17;1-25-27-14-8-4-12(5-9-14)15(16(18,19)20,17(21,22)23)11-2-6-13(7-3-11)26-10-24;1-17(2,13-4-8-15(9-5-13)20-12-18)14-6-10-16(11-7-14)21-19-3;1-12(13-3-7-15(8-4-13)19-11-17)14-5-9-16(10-6-14)20-18-2/h6-9H,10H2,1-4H3;2-9H;4-11H,1-2H3;3-10,12H,1H3. The van der Waals surface area contributed by atoms with Gasteiger partial charge in [-0.05, 0) is 183 Å². The second kappa shape index (κ2) is 31.9. The third-order valence-corrected chi connectivity index (χ3v) is 14.0. The van der Waals surface area contributed by atoms with Gasteiger partial charge in [-0.3, -0.25) is 0 Å². The van der Waals surface area contributed by atoms with Crippen molar-refractivity contribution in [1.29, 1.82) is 21.0 Å². The number of alkyl halides is 6. The lowest BCUT2D eigenvalue weighted by Crippen LogP contribution is -2.54. The zero-order chi connectivity index (χ0) is 66.9. The normalized spacial score (nSPS) is 10.8. The van der Waals surface area contributed by atoms with Gasteiger partial charge in [0.05, 0.1) is 0 Å². The van der Waals surface area contributed by atoms with Crippen molar-refractivity contribution >= 4 is 0 Å². The molecule has 0 saturated heterocycles. The van der Waals surface area contributed by atoms with Crippen molar-refractivity contribution in [1.82, 2.24) is 0 Å². The number of hydrogen-bond donors (Lipinski definition) is 0. The number of hydrogen-bond acceptors (Lipinski definition) is 12. The molecule has 0 amide bonds. The maximum Gasteiger partial charge on any atom is 0.411 e. The van der Waals surface area contributed by atoms with Crippen molar-refractivity contribution in [3.8, 4) is 71.0 Å². The van der Waals surface area contributed by atoms with Gasteiger partial charge in [0.1, 0.15) is 23.0 Å². The Hall–Kier alpha value is -12.3. The van der Waals surface area contributed by atoms with E-state index in [0.717, 1.165) is 86.3 Å². The number of nitrogens with zero attached hydrogens (tertiary/aromatic N) is 8. The van der Waals surface area contributed by atoms with Gasteiger partial charge < -0.3 is 18.9 Å². The second-order valence-corrected chi connectivity index (χ2v) is 20.1. The van der Waals surface area contributed by atoms with Crippen molar-refractivity contribution in [2.45, 2.75) is 84.0 Å². The molecular weight excluding hydrogens is 1180 g/mol. The average molecular weight is 1240 g/mol. The summed E-state index contributed by atoms with van der Waals surface area (Å²) in [4.78, 5) is 18.9. The Balaban J connectivity index is 0.000000222. The molecule has 0 fully saturated rings. The fourth-order valence-corrected chi connectivity index (χ4v) is 9.63. The summed E-state index contributed by atoms with van der Waals surface area (Å²) < 4.78 is 102. The molecule has 0 aliphatic rings. The van der Waals surface area contributed by atoms with E-state index in [0.29, 0.717) is 58.8 Å². The van der Waals surface area contributed by atoms with Gasteiger partial charge in [0.15, 0.2) is 0 Å². The summed E-state index contributed by atoms with van der Waals surface area (Å²) in [5, 5.41) is 45.3. The van der Waals surface area contributed by atoms with Gasteiger partial charge in [0.25, 0.3) is 25.0 Å². The monoisotopic (exact) mass is 1230 g/mol. The third kappa shape index (κ3) is 17.9. The molecule has 22 heteroatoms. The van der Waals surface area contributed by atoms with Gasteiger partial charge in [-0.25, -0.2) is 0 Å². The van der Waals surface area contributed by atoms with Gasteiger partial charge in [-0.2, -0.15) is 72.0 Å². The van der Waals surface area contributed by atoms with Crippen LogP contribution < -0.4 is 38.3 Å². The van der Waals surface area contributed by atoms with Crippen LogP contribution in [0.25, 0.3) is 20.0 Å². The van der Waals surface area contributed by atoms with E-state index >= 15 is 0 Å². The van der Waals surface area contributed by atoms with Gasteiger partial charge >= 0.3 is 12.4 Å². The summed E-state index contributed by atoms with van der Waals surface area (Å²) in [5.41, 5.74) is 3.82. The first-order valence-electron chi connectivity index (χ1n) is 26.7. The molecular formula is C69H52F6N8O8. The molecule has 0 spiro atoms. The van der Waals surface area contributed by atoms with E-state index in [1.807, 2.05) is 100 Å². The van der Waals surface area contributed by atoms with Gasteiger partial charge in [0.2, 0.25) is 28.4 Å². The quantitative estimate of drug-likeness (QED) is 0.0386. The lowest BCUT2D eigenvalue weighted by atomic mass is 9.73. The Morgan fingerprint density at radius 3 is 0.934 bits per heavy atom. The molecule has 1 unspecified atom stereocenters. The Morgan fingerprint density at radius 2 is 0.648 bits per heavy atom. The van der Waals surface area contributed by atoms with Crippen molar-refractivity contribution in [2.75, 3.05) is 0 Å². The molecule has 0 aromatic heterocycles. The highest BCUT2D eigenvalue weighted by molar-refractivity contribution is 5.50. The zero-order valence-corrected chi connectivity index (χ0v) is 49.6. The van der Waals surface area contributed by atoms with Crippen LogP contribution in [-0.4, -0.2) is 12.4 Å². The van der Waals surface area contributed by atoms with Crippen LogP contribution in [0, 0.1) is 100 Å². The number of rotatable bonds is 16. The van der Waals surface area contributed by atoms with Crippen LogP contribution >= 0.6 is 0 Å². The minimum atomic E-state index is -5.75. The van der Waals surface area contributed by atoms with Crippen LogP contribution in [-0.2, 0) is 17.3 Å². The van der Waals surface area contributed by atoms with E-state index in [4.69, 9.17) is 76.1 Å². The average Bonchev–Trinajstić information content (AvgIpc) is 0.721. The molecule has 8 rings (SSSR count). The van der Waals surface area contributed by atoms with Crippen LogP contribution in [0.4, 0.5) is 26.3 Å². The van der Waals surface area contributed by atoms with E-state index in [9.17, 15) is 26.3 Å². The Kier molecular flexibility index (Phi) is 24.3. The highest BCUT2D eigenvalue weighted by Crippen LogP contribution is 2.56. The van der Waals surface area contributed by atoms with Crippen LogP contribution in [0.2, 0.25) is 0 Å². The van der Waals surface area contributed by atoms with E-state index in [1.165, 1.54) is 6.26 Å². The molecule has 8 aromatic rings. The smallest absolute Gasteiger partial charge is 0.388 e. The van der Waals surface area contributed by atoms with Gasteiger partial charge in [-0.15, -0.1) is 21.0 Å². The van der Waals surface area contributed by atoms with Crippen LogP contribution in [0.5, 0.6) is 46.0 Å². The third-order valence-electron chi connectivity index (χ3n) is 14.0. The van der Waals surface area contributed by atoms with Crippen molar-refractivity contribution < 1.29 is 64.6 Å². The lowest BCUT2D eigenvalue weighted by Gasteiger charge is -2.38. The topological polar surface area (TPSA) is 186 Å². The SMILES string of the molecule is [C-]#[N+]Oc1c(C)cc(Cc2cc(C)c(OC#N)c(C)c2)cc1C.[C-]#[N+]Oc1ccc(C(C)(C)c2ccc(OC#N)cc2)cc1.[C-]#[N+]Oc1ccc(C(C)c2ccc(OC#N)cc2)cc1.[C-]#[N+]Oc1ccc(C(c2ccc(OC#N)cc2)(C(F)(F)F)C(F)(F)F)cc1. The molecule has 0 bridgehead atoms. The van der Waals surface area contributed by atoms with E-state index in [-0.39, 0.29) is 22.8 Å². The van der Waals surface area contributed by atoms with Crippen LogP contribution in [0.1, 0.15) is 93.5 Å². The van der Waals surface area contributed by atoms with E-state index in [1.54, 1.807) is 67.3 Å². The van der Waals surface area contributed by atoms with Crippen molar-refractivity contribution in [3.63, 3.8) is 0 Å². The first-order chi connectivity index (χ1) is 43.3. The van der Waals surface area contributed by atoms with Crippen LogP contribution in [0.3, 0.4) is 0 Å². The molecule has 0 aliphatic heterocycles. The highest BCUT2D eigenvalue weighted by Gasteiger charge is 2.72. The number of nitriles is 4. The molecule has 0 aliphatic carbocycles. The summed E-state index contributed by atoms with van der Waals surface area (Å²) in [6, 6.07) is 43.6. The van der Waals surface area contributed by atoms with Crippen LogP contribution in [0.15, 0.2) is 170 Å². The Morgan fingerprint density at radius 1 is 0.385 bits per heavy atom. The molecule has 0 radical (unpaired) electrons. The lowest BCUT2D eigenvalue weighted by molar-refractivity contribution is -0.288. The maximum absolute atomic E-state index is 13.9. The highest BCUT2D eigenvalue weighted by atomic mass is 19.4. The summed E-state index contributed by atoms with van der Waals surface area (Å²) in [7, 11) is 0. The number of aryl methyl sites for hydroxylation is 4. The van der Waals surface area contributed by atoms with Gasteiger partial charge in [-0.1, -0.05) is 118 Å². The van der Waals surface area contributed by atoms with Crippen molar-refractivity contribution in [2.24, 2.45) is 0 Å². The Bertz CT molecular complexity index is 3820. The summed E-state index contributed by atoms with van der Waals surface area (Å²) >= 11 is 0. The summed E-state index contributed by atoms with van der Waals surface area (Å²) in [5.74, 6) is 3.18. The number of ether oxygens (including phenoxy) is 4. The zero-order valence-electron chi connectivity index (χ0n) is 49.6. The minimum absolute atomic E-state index is 0.202. The maximum atomic E-state index is 13.9. The fraction of sp³-hybridized carbons (Fsp3) is 0.188. The molecule has 0 saturated carbocycles. The predicted octanol–water partition coefficient (Wildman–Crippen LogP) is 17.8. The second-order valence-electron chi connectivity index (χ2n) is 20.1. The minimum Gasteiger partial charge on any atom is -0.388 e. The van der Waals surface area contributed by atoms with Gasteiger partial charge in [0, 0.05) is 22.5 Å². The Labute approximate surface area is 521 Å². The fourth-order valence-electron chi connectivity index (χ4n) is 9.63. The molecule has 16 nitrogen and oxygen atoms in total. The largest absolute Gasteiger partial charge is 0.411 e.